The van der Waals surface area contributed by atoms with Crippen LogP contribution in [0.5, 0.6) is 0 Å². The van der Waals surface area contributed by atoms with Crippen molar-refractivity contribution in [3.05, 3.63) is 16.1 Å². The Labute approximate surface area is 96.9 Å². The Balaban J connectivity index is 2.48. The molecule has 1 rings (SSSR count). The number of carboxylic acids is 1. The van der Waals surface area contributed by atoms with Crippen LogP contribution >= 0.6 is 11.3 Å². The number of aromatic nitrogens is 1. The van der Waals surface area contributed by atoms with Crippen LogP contribution in [0.4, 0.5) is 4.79 Å². The number of carbonyl (C=O) groups is 2. The summed E-state index contributed by atoms with van der Waals surface area (Å²) in [6.07, 6.45) is 0. The number of nitrogens with zero attached hydrogens (tertiary/aromatic N) is 2. The molecule has 16 heavy (non-hydrogen) atoms. The maximum Gasteiger partial charge on any atom is 0.355 e. The topological polar surface area (TPSA) is 82.5 Å². The largest absolute Gasteiger partial charge is 0.476 e. The summed E-state index contributed by atoms with van der Waals surface area (Å²) in [4.78, 5) is 27.3. The van der Waals surface area contributed by atoms with Gasteiger partial charge in [-0.05, 0) is 6.92 Å². The first-order valence-corrected chi connectivity index (χ1v) is 5.59. The Bertz CT molecular complexity index is 391. The number of nitrogens with one attached hydrogen (secondary N) is 1. The van der Waals surface area contributed by atoms with E-state index in [4.69, 9.17) is 5.11 Å². The summed E-state index contributed by atoms with van der Waals surface area (Å²) >= 11 is 1.21. The molecule has 6 nitrogen and oxygen atoms in total. The smallest absolute Gasteiger partial charge is 0.355 e. The Hall–Kier alpha value is -1.63. The van der Waals surface area contributed by atoms with E-state index in [1.807, 2.05) is 6.92 Å². The van der Waals surface area contributed by atoms with E-state index in [0.29, 0.717) is 11.6 Å². The van der Waals surface area contributed by atoms with Crippen molar-refractivity contribution in [2.24, 2.45) is 0 Å². The van der Waals surface area contributed by atoms with E-state index < -0.39 is 5.97 Å². The lowest BCUT2D eigenvalue weighted by Gasteiger charge is -2.14. The average molecular weight is 243 g/mol. The molecule has 0 saturated heterocycles. The fraction of sp³-hybridized carbons (Fsp3) is 0.444. The fourth-order valence-electron chi connectivity index (χ4n) is 0.920. The predicted molar refractivity (Wildman–Crippen MR) is 59.6 cm³/mol. The SMILES string of the molecule is CCN(C)C(=O)NCc1nc(C(=O)O)cs1. The monoisotopic (exact) mass is 243 g/mol. The molecule has 0 saturated carbocycles. The number of urea groups is 1. The highest BCUT2D eigenvalue weighted by Gasteiger charge is 2.10. The summed E-state index contributed by atoms with van der Waals surface area (Å²) in [5.74, 6) is -1.06. The molecule has 0 aliphatic rings. The number of hydrogen-bond donors (Lipinski definition) is 2. The van der Waals surface area contributed by atoms with Crippen LogP contribution in [0.3, 0.4) is 0 Å². The van der Waals surface area contributed by atoms with E-state index in [1.54, 1.807) is 7.05 Å². The quantitative estimate of drug-likeness (QED) is 0.826. The molecule has 0 aliphatic carbocycles. The van der Waals surface area contributed by atoms with Gasteiger partial charge in [0.15, 0.2) is 5.69 Å². The minimum Gasteiger partial charge on any atom is -0.476 e. The fourth-order valence-corrected chi connectivity index (χ4v) is 1.63. The molecular formula is C9H13N3O3S. The van der Waals surface area contributed by atoms with Gasteiger partial charge in [0.2, 0.25) is 0 Å². The van der Waals surface area contributed by atoms with Crippen molar-refractivity contribution < 1.29 is 14.7 Å². The lowest BCUT2D eigenvalue weighted by Crippen LogP contribution is -2.36. The first-order chi connectivity index (χ1) is 7.54. The second-order valence-electron chi connectivity index (χ2n) is 3.10. The van der Waals surface area contributed by atoms with Gasteiger partial charge in [-0.1, -0.05) is 0 Å². The minimum atomic E-state index is -1.06. The van der Waals surface area contributed by atoms with E-state index >= 15 is 0 Å². The van der Waals surface area contributed by atoms with Gasteiger partial charge < -0.3 is 15.3 Å². The molecule has 2 N–H and O–H groups in total. The van der Waals surface area contributed by atoms with Crippen LogP contribution in [0, 0.1) is 0 Å². The van der Waals surface area contributed by atoms with Crippen LogP contribution in [0.25, 0.3) is 0 Å². The Morgan fingerprint density at radius 1 is 1.62 bits per heavy atom. The van der Waals surface area contributed by atoms with Crippen molar-refractivity contribution in [3.8, 4) is 0 Å². The van der Waals surface area contributed by atoms with E-state index in [9.17, 15) is 9.59 Å². The molecule has 0 atom stereocenters. The third-order valence-corrected chi connectivity index (χ3v) is 2.83. The summed E-state index contributed by atoms with van der Waals surface area (Å²) in [6.45, 7) is 2.73. The highest BCUT2D eigenvalue weighted by Crippen LogP contribution is 2.09. The maximum absolute atomic E-state index is 11.4. The van der Waals surface area contributed by atoms with Gasteiger partial charge in [-0.25, -0.2) is 14.6 Å². The minimum absolute atomic E-state index is 0.0121. The number of thiazole rings is 1. The zero-order chi connectivity index (χ0) is 12.1. The van der Waals surface area contributed by atoms with Crippen LogP contribution in [-0.4, -0.2) is 40.6 Å². The summed E-state index contributed by atoms with van der Waals surface area (Å²) < 4.78 is 0. The van der Waals surface area contributed by atoms with Gasteiger partial charge >= 0.3 is 12.0 Å². The first-order valence-electron chi connectivity index (χ1n) is 4.71. The van der Waals surface area contributed by atoms with Crippen molar-refractivity contribution >= 4 is 23.3 Å². The van der Waals surface area contributed by atoms with Crippen molar-refractivity contribution in [1.82, 2.24) is 15.2 Å². The predicted octanol–water partition coefficient (Wildman–Crippen LogP) is 1.00. The Morgan fingerprint density at radius 2 is 2.31 bits per heavy atom. The summed E-state index contributed by atoms with van der Waals surface area (Å²) in [5, 5.41) is 13.3. The van der Waals surface area contributed by atoms with Gasteiger partial charge in [-0.3, -0.25) is 0 Å². The number of carbonyl (C=O) groups excluding carboxylic acids is 1. The van der Waals surface area contributed by atoms with Crippen molar-refractivity contribution in [2.45, 2.75) is 13.5 Å². The maximum atomic E-state index is 11.4. The number of carboxylic acid groups (broad SMARTS) is 1. The van der Waals surface area contributed by atoms with Crippen LogP contribution < -0.4 is 5.32 Å². The summed E-state index contributed by atoms with van der Waals surface area (Å²) in [6, 6.07) is -0.199. The van der Waals surface area contributed by atoms with E-state index in [1.165, 1.54) is 21.6 Å². The molecule has 0 unspecified atom stereocenters. The van der Waals surface area contributed by atoms with Crippen LogP contribution in [0.1, 0.15) is 22.4 Å². The van der Waals surface area contributed by atoms with Gasteiger partial charge in [0.25, 0.3) is 0 Å². The van der Waals surface area contributed by atoms with Gasteiger partial charge in [0.05, 0.1) is 6.54 Å². The van der Waals surface area contributed by atoms with Gasteiger partial charge in [-0.2, -0.15) is 0 Å². The van der Waals surface area contributed by atoms with Crippen molar-refractivity contribution in [2.75, 3.05) is 13.6 Å². The van der Waals surface area contributed by atoms with Crippen LogP contribution in [0.15, 0.2) is 5.38 Å². The van der Waals surface area contributed by atoms with Crippen molar-refractivity contribution in [3.63, 3.8) is 0 Å². The molecule has 0 aromatic carbocycles. The molecule has 1 heterocycles. The molecule has 1 aromatic rings. The van der Waals surface area contributed by atoms with Gasteiger partial charge in [0, 0.05) is 19.0 Å². The Morgan fingerprint density at radius 3 is 2.81 bits per heavy atom. The third kappa shape index (κ3) is 3.20. The van der Waals surface area contributed by atoms with Crippen LogP contribution in [-0.2, 0) is 6.54 Å². The van der Waals surface area contributed by atoms with E-state index in [-0.39, 0.29) is 18.3 Å². The molecule has 88 valence electrons. The van der Waals surface area contributed by atoms with E-state index in [0.717, 1.165) is 0 Å². The van der Waals surface area contributed by atoms with Gasteiger partial charge in [0.1, 0.15) is 5.01 Å². The van der Waals surface area contributed by atoms with Crippen LogP contribution in [0.2, 0.25) is 0 Å². The second kappa shape index (κ2) is 5.45. The molecule has 0 fully saturated rings. The molecule has 1 aromatic heterocycles. The highest BCUT2D eigenvalue weighted by molar-refractivity contribution is 7.09. The van der Waals surface area contributed by atoms with Gasteiger partial charge in [-0.15, -0.1) is 11.3 Å². The molecular weight excluding hydrogens is 230 g/mol. The molecule has 7 heteroatoms. The average Bonchev–Trinajstić information content (AvgIpc) is 2.73. The van der Waals surface area contributed by atoms with Crippen molar-refractivity contribution in [1.29, 1.82) is 0 Å². The molecule has 0 bridgehead atoms. The summed E-state index contributed by atoms with van der Waals surface area (Å²) in [5.41, 5.74) is 0.0121. The third-order valence-electron chi connectivity index (χ3n) is 1.98. The molecule has 0 aliphatic heterocycles. The normalized spacial score (nSPS) is 9.88. The highest BCUT2D eigenvalue weighted by atomic mass is 32.1. The zero-order valence-corrected chi connectivity index (χ0v) is 9.87. The molecule has 0 radical (unpaired) electrons. The standard InChI is InChI=1S/C9H13N3O3S/c1-3-12(2)9(15)10-4-7-11-6(5-16-7)8(13)14/h5H,3-4H2,1-2H3,(H,10,15)(H,13,14). The number of amides is 2. The lowest BCUT2D eigenvalue weighted by atomic mass is 10.5. The molecule has 0 spiro atoms. The Kier molecular flexibility index (Phi) is 4.24. The lowest BCUT2D eigenvalue weighted by molar-refractivity contribution is 0.0691. The zero-order valence-electron chi connectivity index (χ0n) is 9.06. The number of hydrogen-bond acceptors (Lipinski definition) is 4. The second-order valence-corrected chi connectivity index (χ2v) is 4.05. The first kappa shape index (κ1) is 12.4. The number of aromatic carboxylic acids is 1. The number of rotatable bonds is 4. The van der Waals surface area contributed by atoms with E-state index in [2.05, 4.69) is 10.3 Å². The molecule has 2 amide bonds. The summed E-state index contributed by atoms with van der Waals surface area (Å²) in [7, 11) is 1.68.